The highest BCUT2D eigenvalue weighted by Gasteiger charge is 2.07. The lowest BCUT2D eigenvalue weighted by Gasteiger charge is -2.06. The molecule has 0 saturated heterocycles. The van der Waals surface area contributed by atoms with Crippen molar-refractivity contribution < 1.29 is 0 Å². The average Bonchev–Trinajstić information content (AvgIpc) is 2.69. The first-order valence-corrected chi connectivity index (χ1v) is 5.68. The molecule has 0 amide bonds. The van der Waals surface area contributed by atoms with Gasteiger partial charge in [-0.3, -0.25) is 4.40 Å². The summed E-state index contributed by atoms with van der Waals surface area (Å²) in [6.07, 6.45) is 3.12. The van der Waals surface area contributed by atoms with Crippen molar-refractivity contribution >= 4 is 16.3 Å². The Kier molecular flexibility index (Phi) is 2.56. The highest BCUT2D eigenvalue weighted by molar-refractivity contribution is 7.15. The van der Waals surface area contributed by atoms with Gasteiger partial charge in [0.2, 0.25) is 0 Å². The van der Waals surface area contributed by atoms with Gasteiger partial charge in [0.05, 0.1) is 5.69 Å². The molecule has 1 atom stereocenters. The highest BCUT2D eigenvalue weighted by Crippen LogP contribution is 2.16. The SMILES string of the molecule is CNC(C)Cc1cn2c(C)csc2n1. The largest absolute Gasteiger partial charge is 0.317 e. The molecule has 76 valence electrons. The van der Waals surface area contributed by atoms with Crippen LogP contribution in [0.15, 0.2) is 11.6 Å². The van der Waals surface area contributed by atoms with E-state index in [1.165, 1.54) is 11.4 Å². The van der Waals surface area contributed by atoms with Gasteiger partial charge in [-0.1, -0.05) is 0 Å². The van der Waals surface area contributed by atoms with Crippen molar-refractivity contribution in [2.75, 3.05) is 7.05 Å². The summed E-state index contributed by atoms with van der Waals surface area (Å²) >= 11 is 1.70. The topological polar surface area (TPSA) is 29.3 Å². The van der Waals surface area contributed by atoms with Crippen LogP contribution in [0.1, 0.15) is 18.3 Å². The maximum atomic E-state index is 4.56. The van der Waals surface area contributed by atoms with Crippen LogP contribution in [0.2, 0.25) is 0 Å². The molecule has 2 rings (SSSR count). The normalized spacial score (nSPS) is 13.6. The summed E-state index contributed by atoms with van der Waals surface area (Å²) in [5.74, 6) is 0. The molecule has 3 nitrogen and oxygen atoms in total. The zero-order valence-electron chi connectivity index (χ0n) is 8.74. The van der Waals surface area contributed by atoms with E-state index in [0.29, 0.717) is 6.04 Å². The Morgan fingerprint density at radius 1 is 1.64 bits per heavy atom. The molecule has 0 radical (unpaired) electrons. The molecule has 0 aliphatic rings. The molecule has 0 fully saturated rings. The predicted molar refractivity (Wildman–Crippen MR) is 60.0 cm³/mol. The van der Waals surface area contributed by atoms with E-state index in [0.717, 1.165) is 11.4 Å². The van der Waals surface area contributed by atoms with Crippen LogP contribution in [-0.4, -0.2) is 22.5 Å². The number of hydrogen-bond donors (Lipinski definition) is 1. The number of imidazole rings is 1. The molecule has 2 aromatic rings. The quantitative estimate of drug-likeness (QED) is 0.836. The average molecular weight is 209 g/mol. The minimum Gasteiger partial charge on any atom is -0.317 e. The van der Waals surface area contributed by atoms with E-state index in [1.54, 1.807) is 11.3 Å². The number of fused-ring (bicyclic) bond motifs is 1. The lowest BCUT2D eigenvalue weighted by molar-refractivity contribution is 0.602. The van der Waals surface area contributed by atoms with Crippen LogP contribution < -0.4 is 5.32 Å². The van der Waals surface area contributed by atoms with Crippen LogP contribution in [0, 0.1) is 6.92 Å². The number of aryl methyl sites for hydroxylation is 1. The number of likely N-dealkylation sites (N-methyl/N-ethyl adjacent to an activating group) is 1. The Hall–Kier alpha value is -0.870. The minimum atomic E-state index is 0.486. The monoisotopic (exact) mass is 209 g/mol. The third-order valence-corrected chi connectivity index (χ3v) is 3.40. The van der Waals surface area contributed by atoms with Crippen molar-refractivity contribution in [3.05, 3.63) is 23.0 Å². The van der Waals surface area contributed by atoms with Gasteiger partial charge in [0.25, 0.3) is 0 Å². The summed E-state index contributed by atoms with van der Waals surface area (Å²) < 4.78 is 2.16. The zero-order valence-corrected chi connectivity index (χ0v) is 9.56. The number of aromatic nitrogens is 2. The highest BCUT2D eigenvalue weighted by atomic mass is 32.1. The Bertz CT molecular complexity index is 429. The first-order valence-electron chi connectivity index (χ1n) is 4.80. The van der Waals surface area contributed by atoms with Crippen molar-refractivity contribution in [3.63, 3.8) is 0 Å². The fourth-order valence-electron chi connectivity index (χ4n) is 1.45. The lowest BCUT2D eigenvalue weighted by Crippen LogP contribution is -2.23. The van der Waals surface area contributed by atoms with Crippen molar-refractivity contribution in [1.29, 1.82) is 0 Å². The Morgan fingerprint density at radius 3 is 3.07 bits per heavy atom. The molecule has 0 bridgehead atoms. The van der Waals surface area contributed by atoms with Crippen molar-refractivity contribution in [1.82, 2.24) is 14.7 Å². The van der Waals surface area contributed by atoms with E-state index in [9.17, 15) is 0 Å². The third-order valence-electron chi connectivity index (χ3n) is 2.45. The minimum absolute atomic E-state index is 0.486. The lowest BCUT2D eigenvalue weighted by atomic mass is 10.2. The van der Waals surface area contributed by atoms with E-state index < -0.39 is 0 Å². The Morgan fingerprint density at radius 2 is 2.43 bits per heavy atom. The third kappa shape index (κ3) is 1.67. The van der Waals surface area contributed by atoms with Gasteiger partial charge in [-0.25, -0.2) is 4.98 Å². The first kappa shape index (κ1) is 9.68. The van der Waals surface area contributed by atoms with Crippen LogP contribution in [0.3, 0.4) is 0 Å². The smallest absolute Gasteiger partial charge is 0.194 e. The predicted octanol–water partition coefficient (Wildman–Crippen LogP) is 1.85. The molecule has 1 unspecified atom stereocenters. The van der Waals surface area contributed by atoms with Crippen LogP contribution in [0.25, 0.3) is 4.96 Å². The second-order valence-corrected chi connectivity index (χ2v) is 4.49. The second kappa shape index (κ2) is 3.71. The maximum absolute atomic E-state index is 4.56. The number of thiazole rings is 1. The number of hydrogen-bond acceptors (Lipinski definition) is 3. The summed E-state index contributed by atoms with van der Waals surface area (Å²) in [6, 6.07) is 0.486. The number of nitrogens with one attached hydrogen (secondary N) is 1. The first-order chi connectivity index (χ1) is 6.70. The molecule has 14 heavy (non-hydrogen) atoms. The van der Waals surface area contributed by atoms with Gasteiger partial charge in [0.15, 0.2) is 4.96 Å². The summed E-state index contributed by atoms with van der Waals surface area (Å²) in [6.45, 7) is 4.27. The van der Waals surface area contributed by atoms with E-state index >= 15 is 0 Å². The van der Waals surface area contributed by atoms with Crippen molar-refractivity contribution in [2.24, 2.45) is 0 Å². The molecule has 0 spiro atoms. The summed E-state index contributed by atoms with van der Waals surface area (Å²) in [7, 11) is 1.98. The molecule has 0 aliphatic heterocycles. The van der Waals surface area contributed by atoms with Crippen LogP contribution in [-0.2, 0) is 6.42 Å². The van der Waals surface area contributed by atoms with Gasteiger partial charge < -0.3 is 5.32 Å². The zero-order chi connectivity index (χ0) is 10.1. The van der Waals surface area contributed by atoms with Crippen molar-refractivity contribution in [3.8, 4) is 0 Å². The van der Waals surface area contributed by atoms with Gasteiger partial charge in [-0.05, 0) is 20.9 Å². The fourth-order valence-corrected chi connectivity index (χ4v) is 2.32. The van der Waals surface area contributed by atoms with Crippen molar-refractivity contribution in [2.45, 2.75) is 26.3 Å². The van der Waals surface area contributed by atoms with E-state index in [-0.39, 0.29) is 0 Å². The standard InChI is InChI=1S/C10H15N3S/c1-7(11-3)4-9-5-13-8(2)6-14-10(13)12-9/h5-7,11H,4H2,1-3H3. The second-order valence-electron chi connectivity index (χ2n) is 3.66. The van der Waals surface area contributed by atoms with Gasteiger partial charge >= 0.3 is 0 Å². The molecular formula is C10H15N3S. The van der Waals surface area contributed by atoms with Crippen LogP contribution in [0.4, 0.5) is 0 Å². The van der Waals surface area contributed by atoms with E-state index in [2.05, 4.69) is 40.1 Å². The van der Waals surface area contributed by atoms with Gasteiger partial charge in [0, 0.05) is 29.7 Å². The molecule has 0 aromatic carbocycles. The molecule has 4 heteroatoms. The molecule has 0 aliphatic carbocycles. The molecule has 2 heterocycles. The number of nitrogens with zero attached hydrogens (tertiary/aromatic N) is 2. The summed E-state index contributed by atoms with van der Waals surface area (Å²) in [5, 5.41) is 5.35. The fraction of sp³-hybridized carbons (Fsp3) is 0.500. The molecule has 0 saturated carbocycles. The molecular weight excluding hydrogens is 194 g/mol. The van der Waals surface area contributed by atoms with Gasteiger partial charge in [-0.15, -0.1) is 11.3 Å². The van der Waals surface area contributed by atoms with Gasteiger partial charge in [-0.2, -0.15) is 0 Å². The van der Waals surface area contributed by atoms with E-state index in [4.69, 9.17) is 0 Å². The Balaban J connectivity index is 2.27. The van der Waals surface area contributed by atoms with Gasteiger partial charge in [0.1, 0.15) is 0 Å². The summed E-state index contributed by atoms with van der Waals surface area (Å²) in [4.78, 5) is 5.66. The maximum Gasteiger partial charge on any atom is 0.194 e. The van der Waals surface area contributed by atoms with Crippen LogP contribution >= 0.6 is 11.3 Å². The number of rotatable bonds is 3. The molecule has 2 aromatic heterocycles. The summed E-state index contributed by atoms with van der Waals surface area (Å²) in [5.41, 5.74) is 2.43. The van der Waals surface area contributed by atoms with E-state index in [1.807, 2.05) is 7.05 Å². The molecule has 1 N–H and O–H groups in total. The Labute approximate surface area is 87.8 Å². The van der Waals surface area contributed by atoms with Crippen LogP contribution in [0.5, 0.6) is 0 Å².